The summed E-state index contributed by atoms with van der Waals surface area (Å²) in [4.78, 5) is 29.2. The normalized spacial score (nSPS) is 30.7. The Morgan fingerprint density at radius 2 is 2.32 bits per heavy atom. The molecule has 106 valence electrons. The van der Waals surface area contributed by atoms with Crippen LogP contribution in [0.3, 0.4) is 0 Å². The van der Waals surface area contributed by atoms with Crippen LogP contribution in [-0.2, 0) is 14.3 Å². The van der Waals surface area contributed by atoms with Crippen molar-refractivity contribution in [1.29, 1.82) is 0 Å². The summed E-state index contributed by atoms with van der Waals surface area (Å²) in [5.41, 5.74) is -1.17. The van der Waals surface area contributed by atoms with Gasteiger partial charge in [0, 0.05) is 19.4 Å². The molecule has 2 rings (SSSR count). The number of nitrogens with one attached hydrogen (secondary N) is 1. The van der Waals surface area contributed by atoms with Gasteiger partial charge in [0.1, 0.15) is 18.3 Å². The lowest BCUT2D eigenvalue weighted by atomic mass is 10.1. The topological polar surface area (TPSA) is 129 Å². The van der Waals surface area contributed by atoms with Gasteiger partial charge in [0.25, 0.3) is 5.56 Å². The van der Waals surface area contributed by atoms with E-state index in [1.807, 2.05) is 0 Å². The molecular formula is C10H15N3O6. The molecule has 1 fully saturated rings. The summed E-state index contributed by atoms with van der Waals surface area (Å²) in [5, 5.41) is 9.98. The third-order valence-electron chi connectivity index (χ3n) is 2.97. The molecule has 1 aromatic heterocycles. The maximum atomic E-state index is 11.7. The molecule has 9 heteroatoms. The first-order valence-electron chi connectivity index (χ1n) is 5.58. The lowest BCUT2D eigenvalue weighted by molar-refractivity contribution is -0.0726. The van der Waals surface area contributed by atoms with Crippen LogP contribution < -0.4 is 17.1 Å². The highest BCUT2D eigenvalue weighted by Gasteiger charge is 2.45. The van der Waals surface area contributed by atoms with Crippen molar-refractivity contribution < 1.29 is 19.4 Å². The molecule has 1 saturated heterocycles. The number of hydrogen-bond donors (Lipinski definition) is 3. The van der Waals surface area contributed by atoms with E-state index in [4.69, 9.17) is 15.4 Å². The van der Waals surface area contributed by atoms with Crippen LogP contribution in [0.25, 0.3) is 0 Å². The summed E-state index contributed by atoms with van der Waals surface area (Å²) in [6.07, 6.45) is -2.10. The molecule has 1 aliphatic heterocycles. The van der Waals surface area contributed by atoms with E-state index in [9.17, 15) is 14.7 Å². The number of aromatic nitrogens is 2. The van der Waals surface area contributed by atoms with Crippen LogP contribution in [0.15, 0.2) is 21.9 Å². The molecule has 19 heavy (non-hydrogen) atoms. The van der Waals surface area contributed by atoms with Gasteiger partial charge in [-0.1, -0.05) is 0 Å². The molecule has 0 spiro atoms. The first-order chi connectivity index (χ1) is 9.08. The van der Waals surface area contributed by atoms with Crippen LogP contribution in [0.5, 0.6) is 0 Å². The number of H-pyrrole nitrogens is 1. The van der Waals surface area contributed by atoms with Crippen molar-refractivity contribution in [3.63, 3.8) is 0 Å². The van der Waals surface area contributed by atoms with Crippen molar-refractivity contribution in [3.05, 3.63) is 33.1 Å². The molecule has 0 radical (unpaired) electrons. The van der Waals surface area contributed by atoms with Gasteiger partial charge in [-0.25, -0.2) is 10.7 Å². The summed E-state index contributed by atoms with van der Waals surface area (Å²) in [6, 6.07) is 1.18. The van der Waals surface area contributed by atoms with Gasteiger partial charge in [0.05, 0.1) is 6.61 Å². The summed E-state index contributed by atoms with van der Waals surface area (Å²) < 4.78 is 11.7. The molecular weight excluding hydrogens is 258 g/mol. The molecule has 0 amide bonds. The summed E-state index contributed by atoms with van der Waals surface area (Å²) >= 11 is 0. The Labute approximate surface area is 107 Å². The van der Waals surface area contributed by atoms with Crippen LogP contribution in [0.2, 0.25) is 0 Å². The number of aliphatic hydroxyl groups excluding tert-OH is 1. The molecule has 1 aromatic rings. The van der Waals surface area contributed by atoms with Crippen molar-refractivity contribution in [2.24, 2.45) is 5.90 Å². The van der Waals surface area contributed by atoms with Crippen molar-refractivity contribution >= 4 is 0 Å². The Bertz CT molecular complexity index is 541. The largest absolute Gasteiger partial charge is 0.387 e. The van der Waals surface area contributed by atoms with E-state index in [1.54, 1.807) is 0 Å². The van der Waals surface area contributed by atoms with Gasteiger partial charge >= 0.3 is 5.69 Å². The minimum Gasteiger partial charge on any atom is -0.387 e. The van der Waals surface area contributed by atoms with Gasteiger partial charge in [-0.2, -0.15) is 0 Å². The monoisotopic (exact) mass is 273 g/mol. The van der Waals surface area contributed by atoms with Crippen molar-refractivity contribution in [2.45, 2.75) is 24.5 Å². The number of methoxy groups -OCH3 is 1. The van der Waals surface area contributed by atoms with Crippen LogP contribution in [0.4, 0.5) is 0 Å². The molecule has 0 bridgehead atoms. The van der Waals surface area contributed by atoms with E-state index >= 15 is 0 Å². The van der Waals surface area contributed by atoms with Crippen LogP contribution in [0.1, 0.15) is 6.23 Å². The molecule has 2 heterocycles. The van der Waals surface area contributed by atoms with E-state index in [0.29, 0.717) is 0 Å². The van der Waals surface area contributed by atoms with Gasteiger partial charge in [0.15, 0.2) is 6.23 Å². The zero-order valence-electron chi connectivity index (χ0n) is 10.2. The molecule has 0 aliphatic carbocycles. The average molecular weight is 273 g/mol. The fraction of sp³-hybridized carbons (Fsp3) is 0.600. The quantitative estimate of drug-likeness (QED) is 0.526. The van der Waals surface area contributed by atoms with Crippen LogP contribution in [-0.4, -0.2) is 46.7 Å². The highest BCUT2D eigenvalue weighted by molar-refractivity contribution is 4.93. The van der Waals surface area contributed by atoms with Crippen LogP contribution >= 0.6 is 0 Å². The standard InChI is InChI=1S/C10H15N3O6/c1-17-8-7(15)5(4-18-11)19-9(8)13-3-2-6(14)12-10(13)16/h2-3,5,7-9,15H,4,11H2,1H3,(H,12,14,16)/t5-,7+,8?,9-/m1/s1. The summed E-state index contributed by atoms with van der Waals surface area (Å²) in [6.45, 7) is -0.0460. The number of nitrogens with zero attached hydrogens (tertiary/aromatic N) is 1. The SMILES string of the molecule is COC1[C@@H](O)[C@@H](CON)O[C@H]1n1ccc(=O)[nH]c1=O. The van der Waals surface area contributed by atoms with E-state index in [0.717, 1.165) is 4.57 Å². The van der Waals surface area contributed by atoms with Crippen molar-refractivity contribution in [3.8, 4) is 0 Å². The predicted octanol–water partition coefficient (Wildman–Crippen LogP) is -2.30. The molecule has 1 aliphatic rings. The molecule has 9 nitrogen and oxygen atoms in total. The second-order valence-corrected chi connectivity index (χ2v) is 4.11. The lowest BCUT2D eigenvalue weighted by Gasteiger charge is -2.19. The van der Waals surface area contributed by atoms with E-state index in [-0.39, 0.29) is 6.61 Å². The number of hydrogen-bond acceptors (Lipinski definition) is 7. The minimum absolute atomic E-state index is 0.0460. The molecule has 4 atom stereocenters. The van der Waals surface area contributed by atoms with Gasteiger partial charge in [-0.05, 0) is 0 Å². The first-order valence-corrected chi connectivity index (χ1v) is 5.58. The first kappa shape index (κ1) is 13.9. The summed E-state index contributed by atoms with van der Waals surface area (Å²) in [5.74, 6) is 4.94. The average Bonchev–Trinajstić information content (AvgIpc) is 2.67. The van der Waals surface area contributed by atoms with Gasteiger partial charge in [0.2, 0.25) is 0 Å². The van der Waals surface area contributed by atoms with E-state index in [2.05, 4.69) is 9.82 Å². The van der Waals surface area contributed by atoms with Crippen molar-refractivity contribution in [1.82, 2.24) is 9.55 Å². The van der Waals surface area contributed by atoms with Gasteiger partial charge in [-0.3, -0.25) is 14.3 Å². The zero-order valence-corrected chi connectivity index (χ0v) is 10.2. The van der Waals surface area contributed by atoms with Gasteiger partial charge < -0.3 is 19.4 Å². The maximum Gasteiger partial charge on any atom is 0.330 e. The Morgan fingerprint density at radius 3 is 2.89 bits per heavy atom. The number of nitrogens with two attached hydrogens (primary N) is 1. The second kappa shape index (κ2) is 5.63. The molecule has 0 aromatic carbocycles. The number of aromatic amines is 1. The zero-order chi connectivity index (χ0) is 14.0. The molecule has 1 unspecified atom stereocenters. The molecule has 4 N–H and O–H groups in total. The van der Waals surface area contributed by atoms with Crippen molar-refractivity contribution in [2.75, 3.05) is 13.7 Å². The second-order valence-electron chi connectivity index (χ2n) is 4.11. The fourth-order valence-corrected chi connectivity index (χ4v) is 2.06. The smallest absolute Gasteiger partial charge is 0.330 e. The Kier molecular flexibility index (Phi) is 4.12. The lowest BCUT2D eigenvalue weighted by Crippen LogP contribution is -2.38. The van der Waals surface area contributed by atoms with E-state index < -0.39 is 35.8 Å². The minimum atomic E-state index is -1.00. The van der Waals surface area contributed by atoms with E-state index in [1.165, 1.54) is 19.4 Å². The number of ether oxygens (including phenoxy) is 2. The molecule has 0 saturated carbocycles. The third kappa shape index (κ3) is 2.60. The highest BCUT2D eigenvalue weighted by Crippen LogP contribution is 2.30. The third-order valence-corrected chi connectivity index (χ3v) is 2.97. The Hall–Kier alpha value is -1.52. The Morgan fingerprint density at radius 1 is 1.58 bits per heavy atom. The Balaban J connectivity index is 2.32. The summed E-state index contributed by atoms with van der Waals surface area (Å²) in [7, 11) is 1.38. The number of rotatable bonds is 4. The fourth-order valence-electron chi connectivity index (χ4n) is 2.06. The number of aliphatic hydroxyl groups is 1. The predicted molar refractivity (Wildman–Crippen MR) is 62.2 cm³/mol. The maximum absolute atomic E-state index is 11.7. The highest BCUT2D eigenvalue weighted by atomic mass is 16.6. The van der Waals surface area contributed by atoms with Crippen LogP contribution in [0, 0.1) is 0 Å². The van der Waals surface area contributed by atoms with Gasteiger partial charge in [-0.15, -0.1) is 0 Å².